The maximum absolute atomic E-state index is 11.9. The summed E-state index contributed by atoms with van der Waals surface area (Å²) in [6.45, 7) is 0.754. The van der Waals surface area contributed by atoms with Crippen LogP contribution in [0.15, 0.2) is 54.6 Å². The Kier molecular flexibility index (Phi) is 5.98. The number of carbonyl (C=O) groups is 2. The number of amides is 2. The first kappa shape index (κ1) is 16.0. The minimum atomic E-state index is -0.209. The lowest BCUT2D eigenvalue weighted by Gasteiger charge is -2.07. The Hall–Kier alpha value is -2.33. The Balaban J connectivity index is 1.68. The topological polar surface area (TPSA) is 58.2 Å². The molecule has 0 aromatic heterocycles. The van der Waals surface area contributed by atoms with E-state index in [0.29, 0.717) is 30.1 Å². The number of nitrogens with one attached hydrogen (secondary N) is 2. The highest BCUT2D eigenvalue weighted by atomic mass is 35.5. The van der Waals surface area contributed by atoms with Crippen LogP contribution in [0.4, 0.5) is 0 Å². The second-order valence-electron chi connectivity index (χ2n) is 4.78. The number of halogens is 1. The smallest absolute Gasteiger partial charge is 0.251 e. The van der Waals surface area contributed by atoms with E-state index in [0.717, 1.165) is 5.56 Å². The molecule has 2 amide bonds. The molecule has 0 aliphatic heterocycles. The second kappa shape index (κ2) is 8.20. The number of carbonyl (C=O) groups excluding carboxylic acids is 2. The van der Waals surface area contributed by atoms with Gasteiger partial charge in [0.05, 0.1) is 6.42 Å². The van der Waals surface area contributed by atoms with Crippen molar-refractivity contribution in [3.8, 4) is 0 Å². The Morgan fingerprint density at radius 1 is 0.909 bits per heavy atom. The van der Waals surface area contributed by atoms with Gasteiger partial charge in [0, 0.05) is 23.7 Å². The minimum absolute atomic E-state index is 0.0665. The van der Waals surface area contributed by atoms with Gasteiger partial charge in [0.1, 0.15) is 0 Å². The molecule has 2 aromatic rings. The zero-order chi connectivity index (χ0) is 15.8. The summed E-state index contributed by atoms with van der Waals surface area (Å²) in [5, 5.41) is 6.02. The van der Waals surface area contributed by atoms with E-state index in [1.54, 1.807) is 24.3 Å². The van der Waals surface area contributed by atoms with E-state index in [1.165, 1.54) is 0 Å². The van der Waals surface area contributed by atoms with Crippen LogP contribution in [0.25, 0.3) is 0 Å². The summed E-state index contributed by atoms with van der Waals surface area (Å²) in [7, 11) is 0. The van der Waals surface area contributed by atoms with Gasteiger partial charge in [-0.25, -0.2) is 0 Å². The van der Waals surface area contributed by atoms with Crippen molar-refractivity contribution in [3.63, 3.8) is 0 Å². The number of hydrogen-bond acceptors (Lipinski definition) is 2. The van der Waals surface area contributed by atoms with E-state index < -0.39 is 0 Å². The molecule has 0 aliphatic carbocycles. The average molecular weight is 317 g/mol. The first-order valence-corrected chi connectivity index (χ1v) is 7.37. The van der Waals surface area contributed by atoms with E-state index in [4.69, 9.17) is 11.6 Å². The predicted molar refractivity (Wildman–Crippen MR) is 86.9 cm³/mol. The van der Waals surface area contributed by atoms with Crippen LogP contribution in [0, 0.1) is 0 Å². The number of benzene rings is 2. The quantitative estimate of drug-likeness (QED) is 0.804. The van der Waals surface area contributed by atoms with Gasteiger partial charge in [0.15, 0.2) is 0 Å². The standard InChI is InChI=1S/C17H17ClN2O2/c18-15-8-4-7-14(12-15)17(22)20-10-9-19-16(21)11-13-5-2-1-3-6-13/h1-8,12H,9-11H2,(H,19,21)(H,20,22). The van der Waals surface area contributed by atoms with Crippen molar-refractivity contribution in [1.82, 2.24) is 10.6 Å². The predicted octanol–water partition coefficient (Wildman–Crippen LogP) is 2.43. The fourth-order valence-electron chi connectivity index (χ4n) is 1.95. The maximum Gasteiger partial charge on any atom is 0.251 e. The third-order valence-electron chi connectivity index (χ3n) is 3.03. The largest absolute Gasteiger partial charge is 0.354 e. The zero-order valence-electron chi connectivity index (χ0n) is 12.0. The van der Waals surface area contributed by atoms with Crippen LogP contribution in [0.2, 0.25) is 5.02 Å². The molecule has 5 heteroatoms. The summed E-state index contributed by atoms with van der Waals surface area (Å²) in [5.41, 5.74) is 1.46. The molecule has 0 heterocycles. The zero-order valence-corrected chi connectivity index (χ0v) is 12.8. The van der Waals surface area contributed by atoms with Gasteiger partial charge in [0.25, 0.3) is 5.91 Å². The normalized spacial score (nSPS) is 10.0. The Labute approximate surface area is 134 Å². The summed E-state index contributed by atoms with van der Waals surface area (Å²) in [4.78, 5) is 23.6. The van der Waals surface area contributed by atoms with Gasteiger partial charge in [-0.3, -0.25) is 9.59 Å². The van der Waals surface area contributed by atoms with Gasteiger partial charge in [-0.1, -0.05) is 48.0 Å². The third-order valence-corrected chi connectivity index (χ3v) is 3.26. The Morgan fingerprint density at radius 2 is 1.64 bits per heavy atom. The molecule has 2 rings (SSSR count). The van der Waals surface area contributed by atoms with Crippen LogP contribution in [0.3, 0.4) is 0 Å². The van der Waals surface area contributed by atoms with Crippen LogP contribution in [-0.4, -0.2) is 24.9 Å². The van der Waals surface area contributed by atoms with Crippen molar-refractivity contribution in [3.05, 3.63) is 70.7 Å². The first-order chi connectivity index (χ1) is 10.6. The summed E-state index contributed by atoms with van der Waals surface area (Å²) in [6, 6.07) is 16.2. The van der Waals surface area contributed by atoms with Crippen molar-refractivity contribution in [2.75, 3.05) is 13.1 Å². The third kappa shape index (κ3) is 5.22. The molecular weight excluding hydrogens is 300 g/mol. The molecule has 0 aliphatic rings. The molecule has 0 fully saturated rings. The fraction of sp³-hybridized carbons (Fsp3) is 0.176. The fourth-order valence-corrected chi connectivity index (χ4v) is 2.14. The molecule has 0 spiro atoms. The van der Waals surface area contributed by atoms with Gasteiger partial charge in [-0.2, -0.15) is 0 Å². The first-order valence-electron chi connectivity index (χ1n) is 6.99. The van der Waals surface area contributed by atoms with E-state index >= 15 is 0 Å². The van der Waals surface area contributed by atoms with Crippen molar-refractivity contribution in [2.45, 2.75) is 6.42 Å². The van der Waals surface area contributed by atoms with Crippen LogP contribution in [0.1, 0.15) is 15.9 Å². The van der Waals surface area contributed by atoms with Gasteiger partial charge >= 0.3 is 0 Å². The van der Waals surface area contributed by atoms with E-state index in [1.807, 2.05) is 30.3 Å². The molecule has 22 heavy (non-hydrogen) atoms. The van der Waals surface area contributed by atoms with Crippen molar-refractivity contribution in [1.29, 1.82) is 0 Å². The van der Waals surface area contributed by atoms with Crippen molar-refractivity contribution >= 4 is 23.4 Å². The lowest BCUT2D eigenvalue weighted by Crippen LogP contribution is -2.35. The van der Waals surface area contributed by atoms with E-state index in [9.17, 15) is 9.59 Å². The number of hydrogen-bond donors (Lipinski definition) is 2. The van der Waals surface area contributed by atoms with E-state index in [-0.39, 0.29) is 11.8 Å². The van der Waals surface area contributed by atoms with Crippen LogP contribution < -0.4 is 10.6 Å². The average Bonchev–Trinajstić information content (AvgIpc) is 2.52. The van der Waals surface area contributed by atoms with Gasteiger partial charge in [0.2, 0.25) is 5.91 Å². The molecule has 114 valence electrons. The Bertz CT molecular complexity index is 644. The lowest BCUT2D eigenvalue weighted by atomic mass is 10.1. The van der Waals surface area contributed by atoms with Gasteiger partial charge < -0.3 is 10.6 Å². The molecule has 0 atom stereocenters. The van der Waals surface area contributed by atoms with Gasteiger partial charge in [-0.15, -0.1) is 0 Å². The molecule has 0 saturated carbocycles. The maximum atomic E-state index is 11.9. The van der Waals surface area contributed by atoms with Gasteiger partial charge in [-0.05, 0) is 23.8 Å². The molecular formula is C17H17ClN2O2. The molecule has 0 unspecified atom stereocenters. The summed E-state index contributed by atoms with van der Waals surface area (Å²) in [6.07, 6.45) is 0.336. The summed E-state index contributed by atoms with van der Waals surface area (Å²) in [5.74, 6) is -0.275. The van der Waals surface area contributed by atoms with Crippen LogP contribution in [-0.2, 0) is 11.2 Å². The molecule has 0 bridgehead atoms. The second-order valence-corrected chi connectivity index (χ2v) is 5.22. The molecule has 0 saturated heterocycles. The minimum Gasteiger partial charge on any atom is -0.354 e. The van der Waals surface area contributed by atoms with E-state index in [2.05, 4.69) is 10.6 Å². The summed E-state index contributed by atoms with van der Waals surface area (Å²) >= 11 is 5.83. The highest BCUT2D eigenvalue weighted by molar-refractivity contribution is 6.30. The van der Waals surface area contributed by atoms with Crippen molar-refractivity contribution in [2.24, 2.45) is 0 Å². The molecule has 2 aromatic carbocycles. The molecule has 2 N–H and O–H groups in total. The van der Waals surface area contributed by atoms with Crippen LogP contribution in [0.5, 0.6) is 0 Å². The van der Waals surface area contributed by atoms with Crippen LogP contribution >= 0.6 is 11.6 Å². The summed E-state index contributed by atoms with van der Waals surface area (Å²) < 4.78 is 0. The highest BCUT2D eigenvalue weighted by Gasteiger charge is 2.06. The number of rotatable bonds is 6. The monoisotopic (exact) mass is 316 g/mol. The van der Waals surface area contributed by atoms with Crippen molar-refractivity contribution < 1.29 is 9.59 Å². The lowest BCUT2D eigenvalue weighted by molar-refractivity contribution is -0.120. The molecule has 0 radical (unpaired) electrons. The molecule has 4 nitrogen and oxygen atoms in total. The highest BCUT2D eigenvalue weighted by Crippen LogP contribution is 2.10. The Morgan fingerprint density at radius 3 is 2.36 bits per heavy atom. The SMILES string of the molecule is O=C(Cc1ccccc1)NCCNC(=O)c1cccc(Cl)c1.